The number of thioether (sulfide) groups is 1. The molecule has 3 rings (SSSR count). The van der Waals surface area contributed by atoms with Crippen molar-refractivity contribution in [3.8, 4) is 0 Å². The van der Waals surface area contributed by atoms with Crippen molar-refractivity contribution in [2.75, 3.05) is 5.75 Å². The van der Waals surface area contributed by atoms with Gasteiger partial charge in [0.15, 0.2) is 10.9 Å². The maximum atomic E-state index is 12.7. The van der Waals surface area contributed by atoms with Crippen molar-refractivity contribution in [3.05, 3.63) is 28.8 Å². The number of carbonyl (C=O) groups is 1. The molecule has 0 atom stereocenters. The van der Waals surface area contributed by atoms with E-state index in [1.165, 1.54) is 17.8 Å². The third-order valence-electron chi connectivity index (χ3n) is 4.62. The summed E-state index contributed by atoms with van der Waals surface area (Å²) in [6, 6.07) is 1.54. The lowest BCUT2D eigenvalue weighted by molar-refractivity contribution is -0.141. The van der Waals surface area contributed by atoms with Crippen LogP contribution in [-0.4, -0.2) is 37.0 Å². The number of hydrogen-bond acceptors (Lipinski definition) is 4. The monoisotopic (exact) mass is 386 g/mol. The minimum atomic E-state index is -4.32. The van der Waals surface area contributed by atoms with E-state index in [2.05, 4.69) is 14.8 Å². The molecule has 26 heavy (non-hydrogen) atoms. The molecule has 1 aliphatic rings. The van der Waals surface area contributed by atoms with Gasteiger partial charge in [0.1, 0.15) is 12.4 Å². The Labute approximate surface area is 154 Å². The van der Waals surface area contributed by atoms with E-state index in [4.69, 9.17) is 0 Å². The van der Waals surface area contributed by atoms with Crippen LogP contribution in [0.4, 0.5) is 13.2 Å². The lowest BCUT2D eigenvalue weighted by Gasteiger charge is -2.12. The lowest BCUT2D eigenvalue weighted by Crippen LogP contribution is -2.19. The Morgan fingerprint density at radius 3 is 2.73 bits per heavy atom. The summed E-state index contributed by atoms with van der Waals surface area (Å²) >= 11 is 1.30. The first-order valence-corrected chi connectivity index (χ1v) is 9.56. The minimum Gasteiger partial charge on any atom is -0.339 e. The lowest BCUT2D eigenvalue weighted by atomic mass is 10.2. The fourth-order valence-electron chi connectivity index (χ4n) is 3.28. The van der Waals surface area contributed by atoms with Crippen LogP contribution < -0.4 is 0 Å². The minimum absolute atomic E-state index is 0.133. The number of hydrogen-bond donors (Lipinski definition) is 0. The molecule has 5 nitrogen and oxygen atoms in total. The second kappa shape index (κ2) is 7.46. The summed E-state index contributed by atoms with van der Waals surface area (Å²) in [6.07, 6.45) is -0.127. The molecule has 0 N–H and O–H groups in total. The molecule has 0 amide bonds. The van der Waals surface area contributed by atoms with Gasteiger partial charge >= 0.3 is 6.18 Å². The van der Waals surface area contributed by atoms with Crippen LogP contribution in [-0.2, 0) is 19.5 Å². The Morgan fingerprint density at radius 2 is 2.00 bits per heavy atom. The van der Waals surface area contributed by atoms with Gasteiger partial charge in [0.05, 0.1) is 5.75 Å². The largest absolute Gasteiger partial charge is 0.406 e. The second-order valence-electron chi connectivity index (χ2n) is 6.56. The number of halogens is 3. The molecule has 142 valence electrons. The molecule has 2 aromatic heterocycles. The maximum absolute atomic E-state index is 12.7. The molecule has 0 fully saturated rings. The molecule has 0 aromatic carbocycles. The molecule has 1 aliphatic heterocycles. The molecule has 9 heteroatoms. The number of carbonyl (C=O) groups excluding carboxylic acids is 1. The zero-order valence-corrected chi connectivity index (χ0v) is 15.6. The number of rotatable bonds is 5. The van der Waals surface area contributed by atoms with Crippen LogP contribution in [0.2, 0.25) is 0 Å². The number of Topliss-reactive ketones (excluding diaryl/α,β-unsaturated/α-hetero) is 1. The highest BCUT2D eigenvalue weighted by Gasteiger charge is 2.30. The van der Waals surface area contributed by atoms with E-state index in [-0.39, 0.29) is 11.5 Å². The van der Waals surface area contributed by atoms with Crippen LogP contribution >= 0.6 is 11.8 Å². The normalized spacial score (nSPS) is 15.0. The summed E-state index contributed by atoms with van der Waals surface area (Å²) in [5.74, 6) is 0.886. The Kier molecular flexibility index (Phi) is 5.45. The standard InChI is InChI=1S/C17H21F3N4OS/c1-11-8-13(12(2)24(11)10-17(18,19)20)14(25)9-26-16-22-21-15-6-4-3-5-7-23(15)16/h8H,3-7,9-10H2,1-2H3. The summed E-state index contributed by atoms with van der Waals surface area (Å²) < 4.78 is 41.3. The molecular weight excluding hydrogens is 365 g/mol. The highest BCUT2D eigenvalue weighted by Crippen LogP contribution is 2.26. The Hall–Kier alpha value is -1.77. The number of aryl methyl sites for hydroxylation is 2. The van der Waals surface area contributed by atoms with E-state index in [9.17, 15) is 18.0 Å². The Balaban J connectivity index is 1.71. The van der Waals surface area contributed by atoms with Crippen molar-refractivity contribution < 1.29 is 18.0 Å². The van der Waals surface area contributed by atoms with Crippen LogP contribution in [0.5, 0.6) is 0 Å². The van der Waals surface area contributed by atoms with Crippen LogP contribution in [0.3, 0.4) is 0 Å². The van der Waals surface area contributed by atoms with Gasteiger partial charge in [-0.2, -0.15) is 13.2 Å². The summed E-state index contributed by atoms with van der Waals surface area (Å²) in [5.41, 5.74) is 1.13. The van der Waals surface area contributed by atoms with Gasteiger partial charge < -0.3 is 9.13 Å². The van der Waals surface area contributed by atoms with Crippen molar-refractivity contribution in [3.63, 3.8) is 0 Å². The van der Waals surface area contributed by atoms with Crippen molar-refractivity contribution in [1.82, 2.24) is 19.3 Å². The first-order valence-electron chi connectivity index (χ1n) is 8.58. The van der Waals surface area contributed by atoms with Crippen LogP contribution in [0, 0.1) is 13.8 Å². The average molecular weight is 386 g/mol. The van der Waals surface area contributed by atoms with Gasteiger partial charge in [-0.05, 0) is 32.8 Å². The van der Waals surface area contributed by atoms with Crippen LogP contribution in [0.25, 0.3) is 0 Å². The topological polar surface area (TPSA) is 52.7 Å². The van der Waals surface area contributed by atoms with Gasteiger partial charge in [0.2, 0.25) is 0 Å². The summed E-state index contributed by atoms with van der Waals surface area (Å²) in [6.45, 7) is 2.91. The van der Waals surface area contributed by atoms with E-state index in [1.54, 1.807) is 13.8 Å². The summed E-state index contributed by atoms with van der Waals surface area (Å²) in [7, 11) is 0. The van der Waals surface area contributed by atoms with Crippen molar-refractivity contribution in [2.45, 2.75) is 64.0 Å². The zero-order chi connectivity index (χ0) is 18.9. The van der Waals surface area contributed by atoms with E-state index in [0.717, 1.165) is 42.6 Å². The van der Waals surface area contributed by atoms with Crippen molar-refractivity contribution in [1.29, 1.82) is 0 Å². The van der Waals surface area contributed by atoms with Crippen LogP contribution in [0.15, 0.2) is 11.2 Å². The molecule has 0 aliphatic carbocycles. The molecular formula is C17H21F3N4OS. The van der Waals surface area contributed by atoms with Gasteiger partial charge in [-0.1, -0.05) is 18.2 Å². The number of nitrogens with zero attached hydrogens (tertiary/aromatic N) is 4. The first kappa shape index (κ1) is 19.0. The van der Waals surface area contributed by atoms with Gasteiger partial charge in [0.25, 0.3) is 0 Å². The van der Waals surface area contributed by atoms with Crippen molar-refractivity contribution in [2.24, 2.45) is 0 Å². The molecule has 0 unspecified atom stereocenters. The van der Waals surface area contributed by atoms with E-state index in [0.29, 0.717) is 22.1 Å². The third kappa shape index (κ3) is 4.13. The number of ketones is 1. The van der Waals surface area contributed by atoms with Gasteiger partial charge in [-0.15, -0.1) is 10.2 Å². The SMILES string of the molecule is Cc1cc(C(=O)CSc2nnc3n2CCCCC3)c(C)n1CC(F)(F)F. The molecule has 0 radical (unpaired) electrons. The number of fused-ring (bicyclic) bond motifs is 1. The molecule has 3 heterocycles. The summed E-state index contributed by atoms with van der Waals surface area (Å²) in [4.78, 5) is 12.6. The fourth-order valence-corrected chi connectivity index (χ4v) is 4.15. The van der Waals surface area contributed by atoms with E-state index < -0.39 is 12.7 Å². The van der Waals surface area contributed by atoms with E-state index in [1.807, 2.05) is 0 Å². The smallest absolute Gasteiger partial charge is 0.339 e. The molecule has 0 saturated carbocycles. The predicted molar refractivity (Wildman–Crippen MR) is 92.6 cm³/mol. The molecule has 0 bridgehead atoms. The third-order valence-corrected chi connectivity index (χ3v) is 5.59. The Bertz CT molecular complexity index is 810. The number of alkyl halides is 3. The molecule has 0 saturated heterocycles. The number of aromatic nitrogens is 4. The summed E-state index contributed by atoms with van der Waals surface area (Å²) in [5, 5.41) is 9.07. The maximum Gasteiger partial charge on any atom is 0.406 e. The second-order valence-corrected chi connectivity index (χ2v) is 7.50. The van der Waals surface area contributed by atoms with Gasteiger partial charge in [0, 0.05) is 29.9 Å². The Morgan fingerprint density at radius 1 is 1.23 bits per heavy atom. The average Bonchev–Trinajstić information content (AvgIpc) is 2.96. The highest BCUT2D eigenvalue weighted by molar-refractivity contribution is 7.99. The van der Waals surface area contributed by atoms with Crippen molar-refractivity contribution >= 4 is 17.5 Å². The predicted octanol–water partition coefficient (Wildman–Crippen LogP) is 3.96. The molecule has 2 aromatic rings. The zero-order valence-electron chi connectivity index (χ0n) is 14.8. The van der Waals surface area contributed by atoms with E-state index >= 15 is 0 Å². The van der Waals surface area contributed by atoms with Crippen LogP contribution in [0.1, 0.15) is 46.8 Å². The fraction of sp³-hybridized carbons (Fsp3) is 0.588. The first-order chi connectivity index (χ1) is 12.3. The van der Waals surface area contributed by atoms with Gasteiger partial charge in [-0.25, -0.2) is 0 Å². The highest BCUT2D eigenvalue weighted by atomic mass is 32.2. The molecule has 0 spiro atoms. The quantitative estimate of drug-likeness (QED) is 0.577. The van der Waals surface area contributed by atoms with Gasteiger partial charge in [-0.3, -0.25) is 4.79 Å².